The molecule has 2 rings (SSSR count). The molecule has 0 atom stereocenters. The fourth-order valence-electron chi connectivity index (χ4n) is 2.70. The van der Waals surface area contributed by atoms with Crippen molar-refractivity contribution in [3.8, 4) is 11.5 Å². The van der Waals surface area contributed by atoms with Crippen molar-refractivity contribution in [1.29, 1.82) is 0 Å². The molecule has 4 heteroatoms. The Hall–Kier alpha value is -1.97. The number of rotatable bonds is 5. The summed E-state index contributed by atoms with van der Waals surface area (Å²) in [6, 6.07) is 5.87. The molecule has 1 amide bonds. The van der Waals surface area contributed by atoms with Gasteiger partial charge in [0, 0.05) is 12.1 Å². The highest BCUT2D eigenvalue weighted by Gasteiger charge is 2.14. The number of hydrogen-bond acceptors (Lipinski definition) is 3. The molecule has 4 nitrogen and oxygen atoms in total. The summed E-state index contributed by atoms with van der Waals surface area (Å²) >= 11 is 0. The molecule has 0 spiro atoms. The fourth-order valence-corrected chi connectivity index (χ4v) is 2.70. The van der Waals surface area contributed by atoms with Crippen molar-refractivity contribution in [3.05, 3.63) is 29.8 Å². The van der Waals surface area contributed by atoms with Crippen LogP contribution >= 0.6 is 0 Å². The van der Waals surface area contributed by atoms with Gasteiger partial charge in [-0.3, -0.25) is 4.79 Å². The van der Waals surface area contributed by atoms with Gasteiger partial charge in [-0.15, -0.1) is 0 Å². The molecule has 1 aromatic carbocycles. The van der Waals surface area contributed by atoms with Gasteiger partial charge in [0.05, 0.1) is 19.8 Å². The van der Waals surface area contributed by atoms with Crippen molar-refractivity contribution >= 4 is 12.0 Å². The molecule has 1 N–H and O–H groups in total. The summed E-state index contributed by atoms with van der Waals surface area (Å²) in [7, 11) is 3.21. The van der Waals surface area contributed by atoms with Crippen LogP contribution in [0.25, 0.3) is 6.08 Å². The van der Waals surface area contributed by atoms with Crippen molar-refractivity contribution in [2.24, 2.45) is 0 Å². The van der Waals surface area contributed by atoms with Crippen LogP contribution < -0.4 is 14.8 Å². The minimum Gasteiger partial charge on any atom is -0.496 e. The zero-order chi connectivity index (χ0) is 15.1. The minimum atomic E-state index is -0.0603. The SMILES string of the molecule is COc1cccc(OC)c1/C=C/C(=O)NC1CCCCC1. The Morgan fingerprint density at radius 2 is 1.76 bits per heavy atom. The largest absolute Gasteiger partial charge is 0.496 e. The fraction of sp³-hybridized carbons (Fsp3) is 0.471. The molecule has 1 fully saturated rings. The molecule has 1 aliphatic rings. The summed E-state index contributed by atoms with van der Waals surface area (Å²) in [6.07, 6.45) is 9.14. The molecular weight excluding hydrogens is 266 g/mol. The second-order valence-electron chi connectivity index (χ2n) is 5.25. The van der Waals surface area contributed by atoms with Gasteiger partial charge in [0.1, 0.15) is 11.5 Å². The van der Waals surface area contributed by atoms with Crippen LogP contribution in [0.5, 0.6) is 11.5 Å². The highest BCUT2D eigenvalue weighted by molar-refractivity contribution is 5.92. The molecule has 114 valence electrons. The average Bonchev–Trinajstić information content (AvgIpc) is 2.53. The highest BCUT2D eigenvalue weighted by atomic mass is 16.5. The van der Waals surface area contributed by atoms with Crippen LogP contribution in [0.4, 0.5) is 0 Å². The maximum atomic E-state index is 12.0. The van der Waals surface area contributed by atoms with E-state index in [2.05, 4.69) is 5.32 Å². The summed E-state index contributed by atoms with van der Waals surface area (Å²) < 4.78 is 10.6. The first kappa shape index (κ1) is 15.4. The zero-order valence-electron chi connectivity index (χ0n) is 12.7. The summed E-state index contributed by atoms with van der Waals surface area (Å²) in [4.78, 5) is 12.0. The van der Waals surface area contributed by atoms with Crippen LogP contribution in [-0.4, -0.2) is 26.2 Å². The van der Waals surface area contributed by atoms with Gasteiger partial charge in [-0.2, -0.15) is 0 Å². The Bertz CT molecular complexity index is 483. The standard InChI is InChI=1S/C17H23NO3/c1-20-15-9-6-10-16(21-2)14(15)11-12-17(19)18-13-7-4-3-5-8-13/h6,9-13H,3-5,7-8H2,1-2H3,(H,18,19)/b12-11+. The summed E-state index contributed by atoms with van der Waals surface area (Å²) in [5.74, 6) is 1.32. The van der Waals surface area contributed by atoms with Crippen LogP contribution in [0, 0.1) is 0 Å². The predicted molar refractivity (Wildman–Crippen MR) is 83.6 cm³/mol. The Labute approximate surface area is 126 Å². The van der Waals surface area contributed by atoms with E-state index in [4.69, 9.17) is 9.47 Å². The number of ether oxygens (including phenoxy) is 2. The molecule has 0 unspecified atom stereocenters. The van der Waals surface area contributed by atoms with E-state index in [9.17, 15) is 4.79 Å². The number of methoxy groups -OCH3 is 2. The number of carbonyl (C=O) groups excluding carboxylic acids is 1. The van der Waals surface area contributed by atoms with Gasteiger partial charge < -0.3 is 14.8 Å². The van der Waals surface area contributed by atoms with Gasteiger partial charge in [0.25, 0.3) is 0 Å². The summed E-state index contributed by atoms with van der Waals surface area (Å²) in [5.41, 5.74) is 0.779. The number of nitrogens with one attached hydrogen (secondary N) is 1. The Balaban J connectivity index is 2.04. The molecule has 0 bridgehead atoms. The molecule has 0 aromatic heterocycles. The predicted octanol–water partition coefficient (Wildman–Crippen LogP) is 3.17. The lowest BCUT2D eigenvalue weighted by Gasteiger charge is -2.21. The average molecular weight is 289 g/mol. The molecule has 1 aliphatic carbocycles. The Morgan fingerprint density at radius 1 is 1.14 bits per heavy atom. The van der Waals surface area contributed by atoms with Gasteiger partial charge in [-0.25, -0.2) is 0 Å². The lowest BCUT2D eigenvalue weighted by atomic mass is 9.95. The maximum Gasteiger partial charge on any atom is 0.244 e. The number of carbonyl (C=O) groups is 1. The van der Waals surface area contributed by atoms with E-state index in [1.165, 1.54) is 19.3 Å². The van der Waals surface area contributed by atoms with E-state index in [1.807, 2.05) is 18.2 Å². The van der Waals surface area contributed by atoms with Crippen LogP contribution in [0.15, 0.2) is 24.3 Å². The Kier molecular flexibility index (Phi) is 5.67. The van der Waals surface area contributed by atoms with Crippen molar-refractivity contribution in [3.63, 3.8) is 0 Å². The summed E-state index contributed by atoms with van der Waals surface area (Å²) in [6.45, 7) is 0. The van der Waals surface area contributed by atoms with Crippen LogP contribution in [0.1, 0.15) is 37.7 Å². The second kappa shape index (κ2) is 7.72. The van der Waals surface area contributed by atoms with E-state index in [0.717, 1.165) is 18.4 Å². The normalized spacial score (nSPS) is 15.9. The van der Waals surface area contributed by atoms with E-state index in [-0.39, 0.29) is 5.91 Å². The van der Waals surface area contributed by atoms with E-state index in [1.54, 1.807) is 26.4 Å². The number of hydrogen-bond donors (Lipinski definition) is 1. The smallest absolute Gasteiger partial charge is 0.244 e. The third-order valence-corrected chi connectivity index (χ3v) is 3.82. The van der Waals surface area contributed by atoms with Crippen LogP contribution in [-0.2, 0) is 4.79 Å². The van der Waals surface area contributed by atoms with Gasteiger partial charge in [0.15, 0.2) is 0 Å². The zero-order valence-corrected chi connectivity index (χ0v) is 12.7. The minimum absolute atomic E-state index is 0.0603. The molecular formula is C17H23NO3. The van der Waals surface area contributed by atoms with Gasteiger partial charge in [-0.05, 0) is 31.1 Å². The van der Waals surface area contributed by atoms with E-state index < -0.39 is 0 Å². The molecule has 0 aliphatic heterocycles. The number of benzene rings is 1. The van der Waals surface area contributed by atoms with Gasteiger partial charge >= 0.3 is 0 Å². The second-order valence-corrected chi connectivity index (χ2v) is 5.25. The van der Waals surface area contributed by atoms with E-state index in [0.29, 0.717) is 17.5 Å². The quantitative estimate of drug-likeness (QED) is 0.847. The Morgan fingerprint density at radius 3 is 2.33 bits per heavy atom. The van der Waals surface area contributed by atoms with E-state index >= 15 is 0 Å². The number of amides is 1. The topological polar surface area (TPSA) is 47.6 Å². The highest BCUT2D eigenvalue weighted by Crippen LogP contribution is 2.29. The molecule has 0 saturated heterocycles. The molecule has 1 aromatic rings. The van der Waals surface area contributed by atoms with Crippen molar-refractivity contribution in [1.82, 2.24) is 5.32 Å². The monoisotopic (exact) mass is 289 g/mol. The van der Waals surface area contributed by atoms with Crippen molar-refractivity contribution in [2.45, 2.75) is 38.1 Å². The summed E-state index contributed by atoms with van der Waals surface area (Å²) in [5, 5.41) is 3.06. The third-order valence-electron chi connectivity index (χ3n) is 3.82. The van der Waals surface area contributed by atoms with Crippen LogP contribution in [0.2, 0.25) is 0 Å². The lowest BCUT2D eigenvalue weighted by Crippen LogP contribution is -2.34. The molecule has 1 saturated carbocycles. The molecule has 21 heavy (non-hydrogen) atoms. The van der Waals surface area contributed by atoms with Crippen LogP contribution in [0.3, 0.4) is 0 Å². The maximum absolute atomic E-state index is 12.0. The molecule has 0 radical (unpaired) electrons. The lowest BCUT2D eigenvalue weighted by molar-refractivity contribution is -0.117. The first-order valence-corrected chi connectivity index (χ1v) is 7.44. The van der Waals surface area contributed by atoms with Gasteiger partial charge in [0.2, 0.25) is 5.91 Å². The third kappa shape index (κ3) is 4.25. The van der Waals surface area contributed by atoms with Crippen molar-refractivity contribution < 1.29 is 14.3 Å². The first-order valence-electron chi connectivity index (χ1n) is 7.44. The van der Waals surface area contributed by atoms with Gasteiger partial charge in [-0.1, -0.05) is 25.3 Å². The molecule has 0 heterocycles. The first-order chi connectivity index (χ1) is 10.2. The van der Waals surface area contributed by atoms with Crippen molar-refractivity contribution in [2.75, 3.05) is 14.2 Å².